The molecular formula is C20H26O6. The second-order valence-corrected chi connectivity index (χ2v) is 8.24. The summed E-state index contributed by atoms with van der Waals surface area (Å²) in [7, 11) is 0. The molecular weight excluding hydrogens is 336 g/mol. The van der Waals surface area contributed by atoms with Crippen molar-refractivity contribution in [1.29, 1.82) is 0 Å². The maximum absolute atomic E-state index is 12.5. The van der Waals surface area contributed by atoms with Gasteiger partial charge in [-0.15, -0.1) is 0 Å². The zero-order chi connectivity index (χ0) is 19.3. The molecule has 1 N–H and O–H groups in total. The van der Waals surface area contributed by atoms with Gasteiger partial charge in [0.1, 0.15) is 12.2 Å². The lowest BCUT2D eigenvalue weighted by molar-refractivity contribution is -0.168. The molecule has 0 spiro atoms. The van der Waals surface area contributed by atoms with E-state index in [2.05, 4.69) is 6.58 Å². The van der Waals surface area contributed by atoms with E-state index in [0.717, 1.165) is 5.57 Å². The minimum absolute atomic E-state index is 0.0716. The lowest BCUT2D eigenvalue weighted by Gasteiger charge is -2.30. The van der Waals surface area contributed by atoms with Crippen molar-refractivity contribution in [1.82, 2.24) is 0 Å². The van der Waals surface area contributed by atoms with Gasteiger partial charge in [0.2, 0.25) is 0 Å². The molecule has 0 amide bonds. The van der Waals surface area contributed by atoms with Gasteiger partial charge in [-0.05, 0) is 51.2 Å². The lowest BCUT2D eigenvalue weighted by Crippen LogP contribution is -2.47. The largest absolute Gasteiger partial charge is 0.457 e. The third kappa shape index (κ3) is 3.28. The van der Waals surface area contributed by atoms with Crippen LogP contribution in [0.5, 0.6) is 0 Å². The number of allylic oxidation sites excluding steroid dienone is 3. The molecule has 3 aliphatic heterocycles. The first-order chi connectivity index (χ1) is 12.0. The number of ketones is 2. The Bertz CT molecular complexity index is 707. The summed E-state index contributed by atoms with van der Waals surface area (Å²) in [6, 6.07) is 0. The van der Waals surface area contributed by atoms with Gasteiger partial charge in [0.05, 0.1) is 5.60 Å². The van der Waals surface area contributed by atoms with Crippen LogP contribution in [0, 0.1) is 5.92 Å². The first-order valence-electron chi connectivity index (χ1n) is 9.05. The van der Waals surface area contributed by atoms with Crippen molar-refractivity contribution >= 4 is 17.5 Å². The summed E-state index contributed by atoms with van der Waals surface area (Å²) in [6.45, 7) is 9.17. The number of ether oxygens (including phenoxy) is 2. The Balaban J connectivity index is 1.97. The molecule has 2 bridgehead atoms. The minimum atomic E-state index is -1.75. The molecule has 26 heavy (non-hydrogen) atoms. The summed E-state index contributed by atoms with van der Waals surface area (Å²) in [6.07, 6.45) is 1.19. The summed E-state index contributed by atoms with van der Waals surface area (Å²) in [5.74, 6) is -1.21. The Hall–Kier alpha value is -1.79. The third-order valence-corrected chi connectivity index (χ3v) is 5.83. The van der Waals surface area contributed by atoms with Crippen LogP contribution in [0.15, 0.2) is 23.8 Å². The highest BCUT2D eigenvalue weighted by molar-refractivity contribution is 6.02. The van der Waals surface area contributed by atoms with Crippen molar-refractivity contribution in [2.24, 2.45) is 5.92 Å². The topological polar surface area (TPSA) is 89.9 Å². The van der Waals surface area contributed by atoms with Crippen molar-refractivity contribution in [3.8, 4) is 0 Å². The first-order valence-corrected chi connectivity index (χ1v) is 9.05. The molecule has 0 saturated carbocycles. The number of carbonyl (C=O) groups is 3. The number of aliphatic hydroxyl groups is 1. The van der Waals surface area contributed by atoms with Crippen LogP contribution in [0.25, 0.3) is 0 Å². The van der Waals surface area contributed by atoms with Gasteiger partial charge < -0.3 is 14.6 Å². The van der Waals surface area contributed by atoms with Gasteiger partial charge in [-0.1, -0.05) is 12.2 Å². The predicted molar refractivity (Wildman–Crippen MR) is 93.3 cm³/mol. The maximum Gasteiger partial charge on any atom is 0.341 e. The second-order valence-electron chi connectivity index (χ2n) is 8.24. The molecule has 0 radical (unpaired) electrons. The highest BCUT2D eigenvalue weighted by Crippen LogP contribution is 2.46. The van der Waals surface area contributed by atoms with Gasteiger partial charge in [-0.3, -0.25) is 9.59 Å². The molecule has 0 aromatic carbocycles. The highest BCUT2D eigenvalue weighted by Gasteiger charge is 2.63. The van der Waals surface area contributed by atoms with E-state index in [1.54, 1.807) is 13.8 Å². The van der Waals surface area contributed by atoms with E-state index in [9.17, 15) is 19.5 Å². The number of Topliss-reactive ketones (excluding diaryl/α,β-unsaturated/α-hetero) is 1. The summed E-state index contributed by atoms with van der Waals surface area (Å²) in [5, 5.41) is 11.0. The fourth-order valence-electron chi connectivity index (χ4n) is 4.23. The number of rotatable bonds is 1. The fraction of sp³-hybridized carbons (Fsp3) is 0.650. The Labute approximate surface area is 153 Å². The number of hydrogen-bond acceptors (Lipinski definition) is 6. The number of fused-ring (bicyclic) bond motifs is 1. The highest BCUT2D eigenvalue weighted by atomic mass is 16.6. The Morgan fingerprint density at radius 2 is 2.04 bits per heavy atom. The molecule has 2 saturated heterocycles. The molecule has 2 fully saturated rings. The van der Waals surface area contributed by atoms with E-state index >= 15 is 0 Å². The van der Waals surface area contributed by atoms with Crippen molar-refractivity contribution in [2.45, 2.75) is 76.3 Å². The molecule has 6 heteroatoms. The number of carbonyl (C=O) groups excluding carboxylic acids is 3. The standard InChI is InChI=1S/C20H26O6/c1-11(2)13-5-6-20(24)17-16(25-18(20)23)10-19(4,26-17)9-14(21)7-12(3)15(22)8-13/h7,13,16-17,24H,1,5-6,8-10H2,2-4H3/b12-7-/t13-,16?,17?,19-,20?/m0/s1. The minimum Gasteiger partial charge on any atom is -0.457 e. The fourth-order valence-corrected chi connectivity index (χ4v) is 4.23. The molecule has 5 atom stereocenters. The van der Waals surface area contributed by atoms with Crippen LogP contribution in [-0.2, 0) is 23.9 Å². The SMILES string of the molecule is C=C(C)[C@H]1CCC2(O)C(=O)OC3C[C@](C)(CC(=O)/C=C(/C)C(=O)C1)OC32. The zero-order valence-corrected chi connectivity index (χ0v) is 15.5. The lowest BCUT2D eigenvalue weighted by atomic mass is 9.82. The number of esters is 1. The van der Waals surface area contributed by atoms with Crippen molar-refractivity contribution < 1.29 is 29.0 Å². The van der Waals surface area contributed by atoms with Crippen LogP contribution in [-0.4, -0.2) is 46.1 Å². The summed E-state index contributed by atoms with van der Waals surface area (Å²) in [5.41, 5.74) is -1.37. The first kappa shape index (κ1) is 19.0. The van der Waals surface area contributed by atoms with E-state index in [-0.39, 0.29) is 36.7 Å². The Kier molecular flexibility index (Phi) is 4.69. The van der Waals surface area contributed by atoms with Crippen molar-refractivity contribution in [2.75, 3.05) is 0 Å². The molecule has 6 nitrogen and oxygen atoms in total. The van der Waals surface area contributed by atoms with Gasteiger partial charge in [0, 0.05) is 19.3 Å². The molecule has 3 unspecified atom stereocenters. The van der Waals surface area contributed by atoms with Crippen LogP contribution in [0.4, 0.5) is 0 Å². The molecule has 0 aromatic rings. The van der Waals surface area contributed by atoms with Gasteiger partial charge in [0.25, 0.3) is 0 Å². The summed E-state index contributed by atoms with van der Waals surface area (Å²) >= 11 is 0. The average Bonchev–Trinajstić information content (AvgIpc) is 2.95. The molecule has 3 heterocycles. The maximum atomic E-state index is 12.5. The van der Waals surface area contributed by atoms with E-state index in [0.29, 0.717) is 18.4 Å². The summed E-state index contributed by atoms with van der Waals surface area (Å²) in [4.78, 5) is 37.2. The van der Waals surface area contributed by atoms with Gasteiger partial charge >= 0.3 is 5.97 Å². The van der Waals surface area contributed by atoms with Crippen molar-refractivity contribution in [3.63, 3.8) is 0 Å². The molecule has 0 aliphatic carbocycles. The zero-order valence-electron chi connectivity index (χ0n) is 15.5. The van der Waals surface area contributed by atoms with Crippen molar-refractivity contribution in [3.05, 3.63) is 23.8 Å². The van der Waals surface area contributed by atoms with Crippen LogP contribution >= 0.6 is 0 Å². The predicted octanol–water partition coefficient (Wildman–Crippen LogP) is 2.04. The third-order valence-electron chi connectivity index (χ3n) is 5.83. The monoisotopic (exact) mass is 362 g/mol. The molecule has 3 aliphatic rings. The van der Waals surface area contributed by atoms with Crippen LogP contribution in [0.3, 0.4) is 0 Å². The summed E-state index contributed by atoms with van der Waals surface area (Å²) < 4.78 is 11.4. The average molecular weight is 362 g/mol. The molecule has 142 valence electrons. The molecule has 0 aromatic heterocycles. The number of hydrogen-bond donors (Lipinski definition) is 1. The van der Waals surface area contributed by atoms with Gasteiger partial charge in [-0.25, -0.2) is 4.79 Å². The van der Waals surface area contributed by atoms with E-state index in [1.807, 2.05) is 6.92 Å². The second kappa shape index (κ2) is 6.43. The quantitative estimate of drug-likeness (QED) is 0.567. The van der Waals surface area contributed by atoms with Gasteiger partial charge in [0.15, 0.2) is 17.2 Å². The smallest absolute Gasteiger partial charge is 0.341 e. The van der Waals surface area contributed by atoms with Gasteiger partial charge in [-0.2, -0.15) is 0 Å². The Morgan fingerprint density at radius 1 is 1.35 bits per heavy atom. The van der Waals surface area contributed by atoms with E-state index in [1.165, 1.54) is 6.08 Å². The van der Waals surface area contributed by atoms with Crippen LogP contribution < -0.4 is 0 Å². The van der Waals surface area contributed by atoms with E-state index in [4.69, 9.17) is 9.47 Å². The normalized spacial score (nSPS) is 43.0. The van der Waals surface area contributed by atoms with Crippen LogP contribution in [0.1, 0.15) is 52.9 Å². The Morgan fingerprint density at radius 3 is 2.69 bits per heavy atom. The van der Waals surface area contributed by atoms with E-state index < -0.39 is 29.4 Å². The molecule has 3 rings (SSSR count). The van der Waals surface area contributed by atoms with Crippen LogP contribution in [0.2, 0.25) is 0 Å².